The minimum atomic E-state index is -6.04. The van der Waals surface area contributed by atoms with E-state index in [2.05, 4.69) is 14.4 Å². The van der Waals surface area contributed by atoms with Gasteiger partial charge in [-0.05, 0) is 6.07 Å². The lowest BCUT2D eigenvalue weighted by Gasteiger charge is -2.12. The van der Waals surface area contributed by atoms with Crippen molar-refractivity contribution < 1.29 is 34.6 Å². The largest absolute Gasteiger partial charge is 0.534 e. The summed E-state index contributed by atoms with van der Waals surface area (Å²) < 4.78 is 91.3. The highest BCUT2D eigenvalue weighted by Gasteiger charge is 2.49. The van der Waals surface area contributed by atoms with Crippen LogP contribution in [0.25, 0.3) is 16.6 Å². The maximum atomic E-state index is 12.6. The Hall–Kier alpha value is -3.21. The van der Waals surface area contributed by atoms with E-state index in [0.717, 1.165) is 29.2 Å². The Balaban J connectivity index is 2.20. The maximum absolute atomic E-state index is 12.6. The summed E-state index contributed by atoms with van der Waals surface area (Å²) in [6, 6.07) is 2.49. The molecule has 3 rings (SSSR count). The fourth-order valence-corrected chi connectivity index (χ4v) is 2.60. The monoisotopic (exact) mass is 407 g/mol. The van der Waals surface area contributed by atoms with Crippen LogP contribution in [0.3, 0.4) is 0 Å². The molecular formula is C13H6F5N5O3S. The number of fused-ring (bicyclic) bond motifs is 1. The number of hydrogen-bond acceptors (Lipinski definition) is 6. The van der Waals surface area contributed by atoms with Crippen molar-refractivity contribution in [1.29, 1.82) is 5.26 Å². The van der Waals surface area contributed by atoms with Crippen molar-refractivity contribution >= 4 is 15.6 Å². The summed E-state index contributed by atoms with van der Waals surface area (Å²) in [6.45, 7) is -2.96. The average molecular weight is 407 g/mol. The van der Waals surface area contributed by atoms with Crippen molar-refractivity contribution in [2.45, 2.75) is 12.1 Å². The van der Waals surface area contributed by atoms with Crippen LogP contribution in [0.4, 0.5) is 22.0 Å². The van der Waals surface area contributed by atoms with Gasteiger partial charge >= 0.3 is 22.2 Å². The lowest BCUT2D eigenvalue weighted by molar-refractivity contribution is -0.0499. The molecular weight excluding hydrogens is 401 g/mol. The number of hydrogen-bond donors (Lipinski definition) is 0. The van der Waals surface area contributed by atoms with Gasteiger partial charge in [-0.3, -0.25) is 0 Å². The number of pyridine rings is 1. The Labute approximate surface area is 147 Å². The first-order valence-electron chi connectivity index (χ1n) is 6.78. The van der Waals surface area contributed by atoms with Crippen LogP contribution in [0, 0.1) is 11.3 Å². The highest BCUT2D eigenvalue weighted by atomic mass is 32.2. The van der Waals surface area contributed by atoms with Gasteiger partial charge in [0.2, 0.25) is 0 Å². The first-order valence-corrected chi connectivity index (χ1v) is 8.19. The van der Waals surface area contributed by atoms with Crippen LogP contribution in [-0.2, 0) is 10.1 Å². The van der Waals surface area contributed by atoms with Gasteiger partial charge in [0, 0.05) is 23.5 Å². The first-order chi connectivity index (χ1) is 12.5. The van der Waals surface area contributed by atoms with E-state index >= 15 is 0 Å². The van der Waals surface area contributed by atoms with Crippen LogP contribution < -0.4 is 4.18 Å². The lowest BCUT2D eigenvalue weighted by Crippen LogP contribution is -2.28. The quantitative estimate of drug-likeness (QED) is 0.374. The van der Waals surface area contributed by atoms with Crippen LogP contribution in [0.2, 0.25) is 0 Å². The van der Waals surface area contributed by atoms with Gasteiger partial charge in [-0.1, -0.05) is 0 Å². The summed E-state index contributed by atoms with van der Waals surface area (Å²) in [6.07, 6.45) is 4.05. The number of aromatic nitrogens is 4. The molecule has 3 heterocycles. The molecule has 3 aromatic rings. The lowest BCUT2D eigenvalue weighted by atomic mass is 10.1. The number of nitriles is 1. The van der Waals surface area contributed by atoms with E-state index in [1.54, 1.807) is 6.07 Å². The van der Waals surface area contributed by atoms with E-state index in [9.17, 15) is 30.4 Å². The van der Waals surface area contributed by atoms with Gasteiger partial charge in [0.25, 0.3) is 0 Å². The smallest absolute Gasteiger partial charge is 0.374 e. The molecule has 0 bridgehead atoms. The van der Waals surface area contributed by atoms with Crippen molar-refractivity contribution in [3.63, 3.8) is 0 Å². The van der Waals surface area contributed by atoms with Crippen LogP contribution in [0.5, 0.6) is 5.75 Å². The molecule has 0 aliphatic heterocycles. The van der Waals surface area contributed by atoms with Crippen molar-refractivity contribution in [3.05, 3.63) is 36.4 Å². The molecule has 8 nitrogen and oxygen atoms in total. The maximum Gasteiger partial charge on any atom is 0.534 e. The van der Waals surface area contributed by atoms with E-state index in [4.69, 9.17) is 5.26 Å². The number of nitrogens with zero attached hydrogens (tertiary/aromatic N) is 5. The molecule has 0 aromatic carbocycles. The predicted octanol–water partition coefficient (Wildman–Crippen LogP) is 2.69. The second-order valence-corrected chi connectivity index (χ2v) is 6.56. The van der Waals surface area contributed by atoms with Crippen LogP contribution in [0.1, 0.15) is 12.1 Å². The Morgan fingerprint density at radius 2 is 1.85 bits per heavy atom. The summed E-state index contributed by atoms with van der Waals surface area (Å²) in [5.41, 5.74) is -6.30. The highest BCUT2D eigenvalue weighted by Crippen LogP contribution is 2.34. The van der Waals surface area contributed by atoms with E-state index in [-0.39, 0.29) is 26.9 Å². The first kappa shape index (κ1) is 18.6. The normalized spacial score (nSPS) is 12.5. The Bertz CT molecular complexity index is 1160. The summed E-state index contributed by atoms with van der Waals surface area (Å²) in [4.78, 5) is 0. The number of halogens is 5. The van der Waals surface area contributed by atoms with E-state index < -0.39 is 27.9 Å². The van der Waals surface area contributed by atoms with Gasteiger partial charge < -0.3 is 4.18 Å². The molecule has 142 valence electrons. The van der Waals surface area contributed by atoms with E-state index in [1.807, 2.05) is 0 Å². The molecule has 0 radical (unpaired) electrons. The summed E-state index contributed by atoms with van der Waals surface area (Å²) >= 11 is 0. The minimum absolute atomic E-state index is 0.0191. The zero-order chi connectivity index (χ0) is 20.0. The molecule has 3 aromatic heterocycles. The fraction of sp³-hybridized carbons (Fsp3) is 0.154. The van der Waals surface area contributed by atoms with Crippen LogP contribution in [-0.4, -0.2) is 33.3 Å². The SMILES string of the molecule is N#Cc1cnn2cc(-c3cnn(C(F)F)c3)cc(OS(=O)(=O)C(F)(F)F)c12. The van der Waals surface area contributed by atoms with Gasteiger partial charge in [-0.15, -0.1) is 0 Å². The number of alkyl halides is 5. The Kier molecular flexibility index (Phi) is 4.26. The van der Waals surface area contributed by atoms with Crippen molar-refractivity contribution in [3.8, 4) is 22.9 Å². The summed E-state index contributed by atoms with van der Waals surface area (Å²) in [7, 11) is -6.04. The van der Waals surface area contributed by atoms with Gasteiger partial charge in [0.15, 0.2) is 5.75 Å². The van der Waals surface area contributed by atoms with Gasteiger partial charge in [-0.25, -0.2) is 9.20 Å². The standard InChI is InChI=1S/C13H6F5N5O3S/c14-12(15)23-6-9(4-21-23)7-1-10(26-27(24,25)13(16,17)18)11-8(2-19)3-20-22(11)5-7/h1,3-6,12H. The molecule has 0 spiro atoms. The zero-order valence-corrected chi connectivity index (χ0v) is 13.5. The molecule has 14 heteroatoms. The topological polar surface area (TPSA) is 102 Å². The summed E-state index contributed by atoms with van der Waals surface area (Å²) in [5, 5.41) is 16.1. The third kappa shape index (κ3) is 3.28. The fourth-order valence-electron chi connectivity index (χ4n) is 2.15. The van der Waals surface area contributed by atoms with Crippen molar-refractivity contribution in [2.75, 3.05) is 0 Å². The highest BCUT2D eigenvalue weighted by molar-refractivity contribution is 7.88. The third-order valence-corrected chi connectivity index (χ3v) is 4.28. The average Bonchev–Trinajstić information content (AvgIpc) is 3.20. The van der Waals surface area contributed by atoms with Gasteiger partial charge in [0.1, 0.15) is 17.1 Å². The predicted molar refractivity (Wildman–Crippen MR) is 78.0 cm³/mol. The molecule has 0 aliphatic rings. The van der Waals surface area contributed by atoms with E-state index in [1.165, 1.54) is 6.20 Å². The third-order valence-electron chi connectivity index (χ3n) is 3.32. The minimum Gasteiger partial charge on any atom is -0.374 e. The summed E-state index contributed by atoms with van der Waals surface area (Å²) in [5.74, 6) is -0.844. The molecule has 0 aliphatic carbocycles. The Morgan fingerprint density at radius 1 is 1.15 bits per heavy atom. The van der Waals surface area contributed by atoms with Crippen molar-refractivity contribution in [1.82, 2.24) is 19.4 Å². The van der Waals surface area contributed by atoms with Crippen LogP contribution in [0.15, 0.2) is 30.9 Å². The molecule has 0 amide bonds. The second-order valence-electron chi connectivity index (χ2n) is 5.03. The van der Waals surface area contributed by atoms with Crippen molar-refractivity contribution in [2.24, 2.45) is 0 Å². The van der Waals surface area contributed by atoms with Gasteiger partial charge in [0.05, 0.1) is 12.4 Å². The molecule has 27 heavy (non-hydrogen) atoms. The van der Waals surface area contributed by atoms with Gasteiger partial charge in [-0.2, -0.15) is 45.8 Å². The molecule has 0 atom stereocenters. The molecule has 0 saturated heterocycles. The van der Waals surface area contributed by atoms with E-state index in [0.29, 0.717) is 0 Å². The zero-order valence-electron chi connectivity index (χ0n) is 12.7. The molecule has 0 saturated carbocycles. The number of rotatable bonds is 4. The molecule has 0 unspecified atom stereocenters. The van der Waals surface area contributed by atoms with Crippen LogP contribution >= 0.6 is 0 Å². The Morgan fingerprint density at radius 3 is 2.41 bits per heavy atom. The molecule has 0 fully saturated rings. The molecule has 0 N–H and O–H groups in total. The second kappa shape index (κ2) is 6.20.